The average Bonchev–Trinajstić information content (AvgIpc) is 2.90. The van der Waals surface area contributed by atoms with Crippen molar-refractivity contribution < 1.29 is 19.1 Å². The van der Waals surface area contributed by atoms with Crippen LogP contribution in [0.1, 0.15) is 65.7 Å². The quantitative estimate of drug-likeness (QED) is 0.569. The van der Waals surface area contributed by atoms with Crippen LogP contribution in [-0.4, -0.2) is 44.5 Å². The van der Waals surface area contributed by atoms with Crippen LogP contribution in [0.5, 0.6) is 0 Å². The first-order valence-corrected chi connectivity index (χ1v) is 8.14. The molecule has 1 N–H and O–H groups in total. The van der Waals surface area contributed by atoms with Crippen molar-refractivity contribution in [3.8, 4) is 0 Å². The molecule has 0 aliphatic carbocycles. The van der Waals surface area contributed by atoms with Crippen molar-refractivity contribution in [2.45, 2.75) is 72.1 Å². The topological polar surface area (TPSA) is 108 Å². The lowest BCUT2D eigenvalue weighted by molar-refractivity contribution is -0.143. The summed E-state index contributed by atoms with van der Waals surface area (Å²) < 4.78 is 10.0. The number of unbranched alkanes of at least 4 members (excludes halogenated alkanes) is 1. The minimum atomic E-state index is -0.562. The summed E-state index contributed by atoms with van der Waals surface area (Å²) >= 11 is 0. The third-order valence-electron chi connectivity index (χ3n) is 2.88. The third kappa shape index (κ3) is 7.89. The van der Waals surface area contributed by atoms with Gasteiger partial charge < -0.3 is 14.8 Å². The minimum absolute atomic E-state index is 0.195. The maximum Gasteiger partial charge on any atom is 0.408 e. The Labute approximate surface area is 142 Å². The zero-order valence-electron chi connectivity index (χ0n) is 15.0. The molecule has 1 rings (SSSR count). The van der Waals surface area contributed by atoms with Gasteiger partial charge in [-0.15, -0.1) is 10.2 Å². The summed E-state index contributed by atoms with van der Waals surface area (Å²) in [6.07, 6.45) is 1.29. The predicted molar refractivity (Wildman–Crippen MR) is 86.1 cm³/mol. The van der Waals surface area contributed by atoms with Crippen molar-refractivity contribution in [1.82, 2.24) is 25.5 Å². The van der Waals surface area contributed by atoms with E-state index >= 15 is 0 Å². The summed E-state index contributed by atoms with van der Waals surface area (Å²) in [5, 5.41) is 14.8. The lowest BCUT2D eigenvalue weighted by Crippen LogP contribution is -2.34. The molecule has 9 heteroatoms. The van der Waals surface area contributed by atoms with E-state index in [1.54, 1.807) is 34.6 Å². The summed E-state index contributed by atoms with van der Waals surface area (Å²) in [7, 11) is 0. The van der Waals surface area contributed by atoms with Crippen LogP contribution in [0.3, 0.4) is 0 Å². The van der Waals surface area contributed by atoms with Crippen molar-refractivity contribution in [3.63, 3.8) is 0 Å². The highest BCUT2D eigenvalue weighted by Crippen LogP contribution is 2.10. The second-order valence-electron chi connectivity index (χ2n) is 6.37. The lowest BCUT2D eigenvalue weighted by atomic mass is 10.2. The van der Waals surface area contributed by atoms with Crippen LogP contribution in [0.15, 0.2) is 0 Å². The molecule has 1 amide bonds. The number of nitrogens with zero attached hydrogens (tertiary/aromatic N) is 4. The Kier molecular flexibility index (Phi) is 7.60. The normalized spacial score (nSPS) is 12.5. The number of carbonyl (C=O) groups excluding carboxylic acids is 2. The van der Waals surface area contributed by atoms with Crippen LogP contribution in [-0.2, 0) is 20.8 Å². The fourth-order valence-corrected chi connectivity index (χ4v) is 1.83. The van der Waals surface area contributed by atoms with Gasteiger partial charge in [0, 0.05) is 6.42 Å². The number of hydrogen-bond donors (Lipinski definition) is 1. The number of amides is 1. The first-order valence-electron chi connectivity index (χ1n) is 8.14. The number of alkyl carbamates (subject to hydrolysis) is 1. The van der Waals surface area contributed by atoms with E-state index in [1.165, 1.54) is 4.80 Å². The Morgan fingerprint density at radius 1 is 1.29 bits per heavy atom. The highest BCUT2D eigenvalue weighted by molar-refractivity contribution is 5.69. The standard InChI is InChI=1S/C15H27N5O4/c1-6-23-12(21)9-7-8-10-20-18-13(17-19-20)11(2)16-14(22)24-15(3,4)5/h11H,6-10H2,1-5H3,(H,16,22). The van der Waals surface area contributed by atoms with E-state index in [9.17, 15) is 9.59 Å². The van der Waals surface area contributed by atoms with Crippen molar-refractivity contribution in [3.05, 3.63) is 5.82 Å². The van der Waals surface area contributed by atoms with Gasteiger partial charge in [0.15, 0.2) is 5.82 Å². The van der Waals surface area contributed by atoms with E-state index in [1.807, 2.05) is 0 Å². The van der Waals surface area contributed by atoms with Crippen LogP contribution >= 0.6 is 0 Å². The number of rotatable bonds is 8. The third-order valence-corrected chi connectivity index (χ3v) is 2.88. The SMILES string of the molecule is CCOC(=O)CCCCn1nnc(C(C)NC(=O)OC(C)(C)C)n1. The summed E-state index contributed by atoms with van der Waals surface area (Å²) in [5.41, 5.74) is -0.562. The number of carbonyl (C=O) groups is 2. The summed E-state index contributed by atoms with van der Waals surface area (Å²) in [6.45, 7) is 9.87. The largest absolute Gasteiger partial charge is 0.466 e. The molecule has 1 heterocycles. The molecule has 0 aliphatic heterocycles. The van der Waals surface area contributed by atoms with Crippen molar-refractivity contribution in [2.24, 2.45) is 0 Å². The smallest absolute Gasteiger partial charge is 0.408 e. The second kappa shape index (κ2) is 9.19. The van der Waals surface area contributed by atoms with Gasteiger partial charge in [0.05, 0.1) is 19.2 Å². The molecule has 24 heavy (non-hydrogen) atoms. The fourth-order valence-electron chi connectivity index (χ4n) is 1.83. The molecule has 0 radical (unpaired) electrons. The van der Waals surface area contributed by atoms with Gasteiger partial charge in [-0.2, -0.15) is 4.80 Å². The molecule has 1 aromatic rings. The average molecular weight is 341 g/mol. The van der Waals surface area contributed by atoms with Crippen LogP contribution in [0, 0.1) is 0 Å². The van der Waals surface area contributed by atoms with Crippen LogP contribution in [0.25, 0.3) is 0 Å². The van der Waals surface area contributed by atoms with Crippen molar-refractivity contribution >= 4 is 12.1 Å². The Hall–Kier alpha value is -2.19. The summed E-state index contributed by atoms with van der Waals surface area (Å²) in [6, 6.07) is -0.409. The predicted octanol–water partition coefficient (Wildman–Crippen LogP) is 1.99. The van der Waals surface area contributed by atoms with E-state index < -0.39 is 17.7 Å². The van der Waals surface area contributed by atoms with E-state index in [0.717, 1.165) is 6.42 Å². The number of aromatic nitrogens is 4. The Bertz CT molecular complexity index is 538. The van der Waals surface area contributed by atoms with Crippen molar-refractivity contribution in [2.75, 3.05) is 6.61 Å². The van der Waals surface area contributed by atoms with Gasteiger partial charge >= 0.3 is 12.1 Å². The minimum Gasteiger partial charge on any atom is -0.466 e. The molecule has 1 aromatic heterocycles. The zero-order chi connectivity index (χ0) is 18.2. The summed E-state index contributed by atoms with van der Waals surface area (Å²) in [5.74, 6) is 0.214. The van der Waals surface area contributed by atoms with Gasteiger partial charge in [-0.25, -0.2) is 4.79 Å². The fraction of sp³-hybridized carbons (Fsp3) is 0.800. The number of aryl methyl sites for hydroxylation is 1. The van der Waals surface area contributed by atoms with E-state index in [-0.39, 0.29) is 5.97 Å². The molecular weight excluding hydrogens is 314 g/mol. The van der Waals surface area contributed by atoms with Gasteiger partial charge in [-0.1, -0.05) is 0 Å². The molecule has 0 bridgehead atoms. The molecular formula is C15H27N5O4. The Morgan fingerprint density at radius 3 is 2.62 bits per heavy atom. The van der Waals surface area contributed by atoms with Crippen LogP contribution in [0.2, 0.25) is 0 Å². The van der Waals surface area contributed by atoms with Gasteiger partial charge in [0.25, 0.3) is 0 Å². The first-order chi connectivity index (χ1) is 11.2. The lowest BCUT2D eigenvalue weighted by Gasteiger charge is -2.20. The number of esters is 1. The number of hydrogen-bond acceptors (Lipinski definition) is 7. The van der Waals surface area contributed by atoms with Crippen LogP contribution in [0.4, 0.5) is 4.79 Å². The monoisotopic (exact) mass is 341 g/mol. The molecule has 1 unspecified atom stereocenters. The van der Waals surface area contributed by atoms with Gasteiger partial charge in [0.1, 0.15) is 5.60 Å². The number of tetrazole rings is 1. The van der Waals surface area contributed by atoms with Gasteiger partial charge in [0.2, 0.25) is 0 Å². The highest BCUT2D eigenvalue weighted by Gasteiger charge is 2.20. The van der Waals surface area contributed by atoms with Crippen molar-refractivity contribution in [1.29, 1.82) is 0 Å². The second-order valence-corrected chi connectivity index (χ2v) is 6.37. The first kappa shape index (κ1) is 19.9. The molecule has 1 atom stereocenters. The van der Waals surface area contributed by atoms with E-state index in [4.69, 9.17) is 9.47 Å². The zero-order valence-corrected chi connectivity index (χ0v) is 15.0. The summed E-state index contributed by atoms with van der Waals surface area (Å²) in [4.78, 5) is 24.4. The maximum absolute atomic E-state index is 11.7. The molecule has 0 spiro atoms. The molecule has 0 aromatic carbocycles. The van der Waals surface area contributed by atoms with E-state index in [0.29, 0.717) is 31.8 Å². The highest BCUT2D eigenvalue weighted by atomic mass is 16.6. The van der Waals surface area contributed by atoms with Gasteiger partial charge in [-0.05, 0) is 52.7 Å². The Morgan fingerprint density at radius 2 is 2.00 bits per heavy atom. The number of ether oxygens (including phenoxy) is 2. The maximum atomic E-state index is 11.7. The van der Waals surface area contributed by atoms with E-state index in [2.05, 4.69) is 20.7 Å². The van der Waals surface area contributed by atoms with Crippen LogP contribution < -0.4 is 5.32 Å². The number of nitrogens with one attached hydrogen (secondary N) is 1. The molecule has 0 fully saturated rings. The molecule has 136 valence electrons. The van der Waals surface area contributed by atoms with Gasteiger partial charge in [-0.3, -0.25) is 4.79 Å². The Balaban J connectivity index is 2.36. The molecule has 0 saturated carbocycles. The molecule has 0 aliphatic rings. The molecule has 9 nitrogen and oxygen atoms in total. The molecule has 0 saturated heterocycles.